The summed E-state index contributed by atoms with van der Waals surface area (Å²) in [5.41, 5.74) is -0.541. The molecule has 1 N–H and O–H groups in total. The average Bonchev–Trinajstić information content (AvgIpc) is 2.73. The van der Waals surface area contributed by atoms with Crippen molar-refractivity contribution >= 4 is 27.5 Å². The number of amides is 1. The Bertz CT molecular complexity index is 1120. The highest BCUT2D eigenvalue weighted by Crippen LogP contribution is 2.36. The number of nitrogens with one attached hydrogen (secondary N) is 1. The van der Waals surface area contributed by atoms with E-state index in [2.05, 4.69) is 4.98 Å². The van der Waals surface area contributed by atoms with E-state index in [0.29, 0.717) is 30.0 Å². The van der Waals surface area contributed by atoms with Crippen LogP contribution in [0, 0.1) is 0 Å². The molecule has 1 amide bonds. The van der Waals surface area contributed by atoms with Crippen molar-refractivity contribution in [2.24, 2.45) is 0 Å². The maximum Gasteiger partial charge on any atom is 0.417 e. The van der Waals surface area contributed by atoms with Gasteiger partial charge in [-0.25, -0.2) is 13.4 Å². The normalized spacial score (nSPS) is 12.0. The largest absolute Gasteiger partial charge is 0.491 e. The van der Waals surface area contributed by atoms with Gasteiger partial charge in [0.05, 0.1) is 17.4 Å². The predicted octanol–water partition coefficient (Wildman–Crippen LogP) is 5.90. The molecule has 7 nitrogen and oxygen atoms in total. The highest BCUT2D eigenvalue weighted by Gasteiger charge is 2.32. The summed E-state index contributed by atoms with van der Waals surface area (Å²) in [5, 5.41) is -0.350. The van der Waals surface area contributed by atoms with Crippen molar-refractivity contribution in [1.29, 1.82) is 0 Å². The van der Waals surface area contributed by atoms with E-state index in [1.807, 2.05) is 25.5 Å². The lowest BCUT2D eigenvalue weighted by molar-refractivity contribution is -0.137. The smallest absolute Gasteiger partial charge is 0.417 e. The summed E-state index contributed by atoms with van der Waals surface area (Å²) in [6, 6.07) is 5.47. The van der Waals surface area contributed by atoms with Crippen molar-refractivity contribution in [3.8, 4) is 17.4 Å². The molecule has 1 aromatic carbocycles. The zero-order valence-corrected chi connectivity index (χ0v) is 21.2. The lowest BCUT2D eigenvalue weighted by Crippen LogP contribution is -2.32. The van der Waals surface area contributed by atoms with E-state index in [1.54, 1.807) is 12.1 Å². The number of nitrogens with zero attached hydrogens (tertiary/aromatic N) is 1. The molecule has 0 aliphatic rings. The van der Waals surface area contributed by atoms with Crippen molar-refractivity contribution in [1.82, 2.24) is 9.71 Å². The number of carbonyl (C=O) groups excluding carboxylic acids is 1. The number of hydrogen-bond acceptors (Lipinski definition) is 6. The van der Waals surface area contributed by atoms with Crippen molar-refractivity contribution in [3.05, 3.63) is 46.6 Å². The molecule has 0 unspecified atom stereocenters. The molecule has 0 radical (unpaired) electrons. The topological polar surface area (TPSA) is 94.6 Å². The van der Waals surface area contributed by atoms with Crippen molar-refractivity contribution in [2.45, 2.75) is 65.2 Å². The second-order valence-corrected chi connectivity index (χ2v) is 10.3. The summed E-state index contributed by atoms with van der Waals surface area (Å²) >= 11 is 5.96. The molecule has 0 aliphatic carbocycles. The van der Waals surface area contributed by atoms with Crippen LogP contribution in [0.2, 0.25) is 5.02 Å². The van der Waals surface area contributed by atoms with Gasteiger partial charge in [0.2, 0.25) is 21.8 Å². The Kier molecular flexibility index (Phi) is 10.2. The first-order valence-electron chi connectivity index (χ1n) is 11.0. The van der Waals surface area contributed by atoms with Crippen LogP contribution in [0.25, 0.3) is 0 Å². The molecule has 0 saturated heterocycles. The third-order valence-electron chi connectivity index (χ3n) is 4.66. The Balaban J connectivity index is 2.20. The molecule has 1 aromatic heterocycles. The zero-order valence-electron chi connectivity index (χ0n) is 19.6. The van der Waals surface area contributed by atoms with Gasteiger partial charge in [0.15, 0.2) is 0 Å². The van der Waals surface area contributed by atoms with Crippen LogP contribution in [0.5, 0.6) is 17.4 Å². The van der Waals surface area contributed by atoms with Gasteiger partial charge in [0.1, 0.15) is 16.5 Å². The van der Waals surface area contributed by atoms with Crippen LogP contribution in [-0.2, 0) is 27.4 Å². The van der Waals surface area contributed by atoms with Gasteiger partial charge in [0, 0.05) is 18.7 Å². The molecular weight excluding hydrogens is 509 g/mol. The maximum absolute atomic E-state index is 12.9. The fourth-order valence-corrected chi connectivity index (χ4v) is 4.35. The van der Waals surface area contributed by atoms with Crippen molar-refractivity contribution in [2.75, 3.05) is 5.75 Å². The summed E-state index contributed by atoms with van der Waals surface area (Å²) in [6.45, 7) is 5.57. The molecule has 12 heteroatoms. The number of unbranched alkanes of at least 4 members (excludes halogenated alkanes) is 2. The number of pyridine rings is 1. The number of sulfonamides is 1. The van der Waals surface area contributed by atoms with Crippen LogP contribution < -0.4 is 14.2 Å². The van der Waals surface area contributed by atoms with Gasteiger partial charge in [0.25, 0.3) is 0 Å². The van der Waals surface area contributed by atoms with E-state index in [0.717, 1.165) is 12.8 Å². The number of aryl methyl sites for hydroxylation is 1. The minimum atomic E-state index is -4.62. The molecule has 194 valence electrons. The van der Waals surface area contributed by atoms with Gasteiger partial charge in [-0.2, -0.15) is 13.2 Å². The zero-order chi connectivity index (χ0) is 26.2. The van der Waals surface area contributed by atoms with Gasteiger partial charge in [-0.05, 0) is 44.4 Å². The van der Waals surface area contributed by atoms with Gasteiger partial charge >= 0.3 is 6.18 Å². The van der Waals surface area contributed by atoms with E-state index in [4.69, 9.17) is 21.1 Å². The van der Waals surface area contributed by atoms with Crippen molar-refractivity contribution < 1.29 is 35.9 Å². The van der Waals surface area contributed by atoms with E-state index < -0.39 is 27.7 Å². The Hall–Kier alpha value is -2.53. The molecule has 1 heterocycles. The molecule has 0 saturated carbocycles. The molecular formula is C23H28ClF3N2O5S. The van der Waals surface area contributed by atoms with Crippen LogP contribution in [0.4, 0.5) is 13.2 Å². The number of rotatable bonds is 12. The molecule has 0 aliphatic heterocycles. The predicted molar refractivity (Wildman–Crippen MR) is 126 cm³/mol. The lowest BCUT2D eigenvalue weighted by atomic mass is 10.1. The molecule has 0 spiro atoms. The Morgan fingerprint density at radius 3 is 2.51 bits per heavy atom. The summed E-state index contributed by atoms with van der Waals surface area (Å²) in [5.74, 6) is -0.493. The number of carbonyl (C=O) groups is 1. The SMILES string of the molecule is CCCCCS(=O)(=O)NC(=O)CCc1ccc(OC(C)C)cc1Oc1ncc(C(F)(F)F)cc1Cl. The van der Waals surface area contributed by atoms with Gasteiger partial charge in [-0.3, -0.25) is 9.52 Å². The van der Waals surface area contributed by atoms with E-state index in [9.17, 15) is 26.4 Å². The maximum atomic E-state index is 12.9. The summed E-state index contributed by atoms with van der Waals surface area (Å²) in [7, 11) is -3.73. The van der Waals surface area contributed by atoms with Crippen LogP contribution in [0.15, 0.2) is 30.5 Å². The third kappa shape index (κ3) is 9.56. The second kappa shape index (κ2) is 12.4. The second-order valence-electron chi connectivity index (χ2n) is 8.10. The third-order valence-corrected chi connectivity index (χ3v) is 6.29. The van der Waals surface area contributed by atoms with E-state index in [-0.39, 0.29) is 41.4 Å². The molecule has 2 rings (SSSR count). The number of benzene rings is 1. The van der Waals surface area contributed by atoms with Crippen LogP contribution in [-0.4, -0.2) is 31.2 Å². The highest BCUT2D eigenvalue weighted by atomic mass is 35.5. The number of halogens is 4. The number of ether oxygens (including phenoxy) is 2. The standard InChI is InChI=1S/C23H28ClF3N2O5S/c1-4-5-6-11-35(31,32)29-21(30)10-8-16-7-9-18(33-15(2)3)13-20(16)34-22-19(24)12-17(14-28-22)23(25,26)27/h7,9,12-15H,4-6,8,10-11H2,1-3H3,(H,29,30). The Labute approximate surface area is 208 Å². The first-order chi connectivity index (χ1) is 16.3. The minimum absolute atomic E-state index is 0.0891. The Morgan fingerprint density at radius 2 is 1.91 bits per heavy atom. The fourth-order valence-electron chi connectivity index (χ4n) is 3.01. The Morgan fingerprint density at radius 1 is 1.20 bits per heavy atom. The first-order valence-corrected chi connectivity index (χ1v) is 13.1. The van der Waals surface area contributed by atoms with Crippen LogP contribution in [0.1, 0.15) is 57.6 Å². The first kappa shape index (κ1) is 28.7. The summed E-state index contributed by atoms with van der Waals surface area (Å²) in [4.78, 5) is 15.9. The number of alkyl halides is 3. The van der Waals surface area contributed by atoms with E-state index in [1.165, 1.54) is 6.07 Å². The van der Waals surface area contributed by atoms with Crippen molar-refractivity contribution in [3.63, 3.8) is 0 Å². The quantitative estimate of drug-likeness (QED) is 0.339. The van der Waals surface area contributed by atoms with Gasteiger partial charge < -0.3 is 9.47 Å². The summed E-state index contributed by atoms with van der Waals surface area (Å²) < 4.78 is 76.2. The van der Waals surface area contributed by atoms with Gasteiger partial charge in [-0.1, -0.05) is 37.4 Å². The molecule has 0 bridgehead atoms. The summed E-state index contributed by atoms with van der Waals surface area (Å²) in [6.07, 6.45) is -2.21. The molecule has 35 heavy (non-hydrogen) atoms. The highest BCUT2D eigenvalue weighted by molar-refractivity contribution is 7.90. The fraction of sp³-hybridized carbons (Fsp3) is 0.478. The van der Waals surface area contributed by atoms with Crippen LogP contribution >= 0.6 is 11.6 Å². The van der Waals surface area contributed by atoms with Crippen LogP contribution in [0.3, 0.4) is 0 Å². The minimum Gasteiger partial charge on any atom is -0.491 e. The molecule has 0 atom stereocenters. The number of aromatic nitrogens is 1. The average molecular weight is 537 g/mol. The molecule has 2 aromatic rings. The lowest BCUT2D eigenvalue weighted by Gasteiger charge is -2.16. The monoisotopic (exact) mass is 536 g/mol. The number of hydrogen-bond donors (Lipinski definition) is 1. The van der Waals surface area contributed by atoms with Gasteiger partial charge in [-0.15, -0.1) is 0 Å². The molecule has 0 fully saturated rings. The van der Waals surface area contributed by atoms with E-state index >= 15 is 0 Å².